The van der Waals surface area contributed by atoms with E-state index in [9.17, 15) is 5.26 Å². The first kappa shape index (κ1) is 25.7. The minimum absolute atomic E-state index is 0.264. The van der Waals surface area contributed by atoms with Gasteiger partial charge in [0.15, 0.2) is 11.5 Å². The number of aliphatic imine (C=N–C) groups is 1. The zero-order valence-corrected chi connectivity index (χ0v) is 22.5. The molecular weight excluding hydrogens is 464 g/mol. The molecule has 1 aliphatic rings. The number of nitrogens with zero attached hydrogens (tertiary/aromatic N) is 2. The van der Waals surface area contributed by atoms with Crippen molar-refractivity contribution in [1.29, 1.82) is 5.26 Å². The van der Waals surface area contributed by atoms with Crippen LogP contribution in [-0.2, 0) is 25.9 Å². The molecule has 5 heteroatoms. The first-order valence-electron chi connectivity index (χ1n) is 12.4. The Kier molecular flexibility index (Phi) is 7.96. The Morgan fingerprint density at radius 2 is 2.00 bits per heavy atom. The van der Waals surface area contributed by atoms with E-state index in [0.717, 1.165) is 52.3 Å². The number of hydrogen-bond acceptors (Lipinski definition) is 5. The lowest BCUT2D eigenvalue weighted by Gasteiger charge is -2.33. The van der Waals surface area contributed by atoms with Crippen LogP contribution in [0.1, 0.15) is 59.9 Å². The Bertz CT molecular complexity index is 1290. The van der Waals surface area contributed by atoms with Crippen molar-refractivity contribution in [3.05, 3.63) is 87.8 Å². The van der Waals surface area contributed by atoms with Crippen LogP contribution in [0.15, 0.2) is 60.1 Å². The first-order valence-corrected chi connectivity index (χ1v) is 13.2. The summed E-state index contributed by atoms with van der Waals surface area (Å²) in [4.78, 5) is 6.11. The normalized spacial score (nSPS) is 15.4. The lowest BCUT2D eigenvalue weighted by molar-refractivity contribution is 0.218. The number of allylic oxidation sites excluding steroid dienone is 1. The van der Waals surface area contributed by atoms with Crippen molar-refractivity contribution >= 4 is 22.6 Å². The molecule has 36 heavy (non-hydrogen) atoms. The molecule has 0 amide bonds. The second kappa shape index (κ2) is 11.1. The molecule has 1 aromatic heterocycles. The fourth-order valence-corrected chi connectivity index (χ4v) is 5.98. The third kappa shape index (κ3) is 5.71. The summed E-state index contributed by atoms with van der Waals surface area (Å²) in [7, 11) is 1.65. The predicted molar refractivity (Wildman–Crippen MR) is 149 cm³/mol. The average Bonchev–Trinajstić information content (AvgIpc) is 3.23. The topological polar surface area (TPSA) is 54.6 Å². The Morgan fingerprint density at radius 3 is 2.67 bits per heavy atom. The molecule has 0 saturated carbocycles. The third-order valence-electron chi connectivity index (χ3n) is 6.88. The predicted octanol–water partition coefficient (Wildman–Crippen LogP) is 7.84. The summed E-state index contributed by atoms with van der Waals surface area (Å²) in [6.45, 7) is 11.3. The monoisotopic (exact) mass is 498 g/mol. The molecule has 0 bridgehead atoms. The summed E-state index contributed by atoms with van der Waals surface area (Å²) in [5.74, 6) is 2.00. The smallest absolute Gasteiger partial charge is 0.165 e. The van der Waals surface area contributed by atoms with Crippen LogP contribution in [-0.4, -0.2) is 13.3 Å². The van der Waals surface area contributed by atoms with E-state index in [4.69, 9.17) is 14.5 Å². The fourth-order valence-electron chi connectivity index (χ4n) is 4.76. The highest BCUT2D eigenvalue weighted by atomic mass is 32.1. The molecular formula is C31H34N2O2S. The van der Waals surface area contributed by atoms with Crippen LogP contribution < -0.4 is 9.47 Å². The summed E-state index contributed by atoms with van der Waals surface area (Å²) >= 11 is 1.67. The molecule has 0 aliphatic heterocycles. The van der Waals surface area contributed by atoms with Gasteiger partial charge in [-0.05, 0) is 65.8 Å². The molecule has 4 nitrogen and oxygen atoms in total. The zero-order chi connectivity index (χ0) is 25.7. The maximum atomic E-state index is 9.91. The van der Waals surface area contributed by atoms with Gasteiger partial charge < -0.3 is 9.47 Å². The van der Waals surface area contributed by atoms with Crippen LogP contribution in [0.4, 0.5) is 5.00 Å². The van der Waals surface area contributed by atoms with Crippen molar-refractivity contribution in [2.75, 3.05) is 7.11 Å². The van der Waals surface area contributed by atoms with Crippen molar-refractivity contribution in [2.24, 2.45) is 16.3 Å². The molecule has 0 unspecified atom stereocenters. The van der Waals surface area contributed by atoms with Gasteiger partial charge >= 0.3 is 0 Å². The van der Waals surface area contributed by atoms with Crippen LogP contribution >= 0.6 is 11.3 Å². The first-order chi connectivity index (χ1) is 17.3. The van der Waals surface area contributed by atoms with Crippen molar-refractivity contribution in [2.45, 2.75) is 53.1 Å². The van der Waals surface area contributed by atoms with E-state index in [2.05, 4.69) is 39.5 Å². The maximum absolute atomic E-state index is 9.91. The van der Waals surface area contributed by atoms with Crippen LogP contribution in [0.25, 0.3) is 0 Å². The summed E-state index contributed by atoms with van der Waals surface area (Å²) in [6.07, 6.45) is 7.44. The van der Waals surface area contributed by atoms with E-state index in [1.807, 2.05) is 48.7 Å². The Balaban J connectivity index is 1.62. The van der Waals surface area contributed by atoms with E-state index < -0.39 is 0 Å². The van der Waals surface area contributed by atoms with Gasteiger partial charge in [-0.2, -0.15) is 5.26 Å². The molecule has 1 atom stereocenters. The van der Waals surface area contributed by atoms with Crippen LogP contribution in [0.3, 0.4) is 0 Å². The van der Waals surface area contributed by atoms with E-state index in [-0.39, 0.29) is 5.41 Å². The standard InChI is InChI=1S/C31H34N2O2S/c1-6-10-23-15-22(16-27(34-5)29(23)35-20-21-11-8-7-9-12-21)19-33-30-26(18-32)25-14-13-24(31(2,3)4)17-28(25)36-30/h6-9,11-12,15-16,19,24H,1,10,13-14,17,20H2,2-5H3/t24-/m1/s1. The Labute approximate surface area is 218 Å². The van der Waals surface area contributed by atoms with Crippen molar-refractivity contribution in [3.63, 3.8) is 0 Å². The van der Waals surface area contributed by atoms with Crippen molar-refractivity contribution in [3.8, 4) is 17.6 Å². The van der Waals surface area contributed by atoms with Gasteiger partial charge in [0.25, 0.3) is 0 Å². The minimum Gasteiger partial charge on any atom is -0.493 e. The third-order valence-corrected chi connectivity index (χ3v) is 8.04. The van der Waals surface area contributed by atoms with E-state index in [1.54, 1.807) is 18.4 Å². The molecule has 0 fully saturated rings. The van der Waals surface area contributed by atoms with Gasteiger partial charge in [0, 0.05) is 16.7 Å². The number of fused-ring (bicyclic) bond motifs is 1. The number of methoxy groups -OCH3 is 1. The summed E-state index contributed by atoms with van der Waals surface area (Å²) in [5, 5.41) is 10.7. The Hall–Kier alpha value is -3.36. The van der Waals surface area contributed by atoms with Crippen molar-refractivity contribution < 1.29 is 9.47 Å². The highest BCUT2D eigenvalue weighted by Gasteiger charge is 2.32. The molecule has 4 rings (SSSR count). The van der Waals surface area contributed by atoms with Crippen LogP contribution in [0.5, 0.6) is 11.5 Å². The maximum Gasteiger partial charge on any atom is 0.165 e. The molecule has 0 radical (unpaired) electrons. The summed E-state index contributed by atoms with van der Waals surface area (Å²) in [6, 6.07) is 16.5. The lowest BCUT2D eigenvalue weighted by Crippen LogP contribution is -2.26. The molecule has 1 heterocycles. The average molecular weight is 499 g/mol. The summed E-state index contributed by atoms with van der Waals surface area (Å²) in [5.41, 5.74) is 5.18. The fraction of sp³-hybridized carbons (Fsp3) is 0.355. The van der Waals surface area contributed by atoms with Crippen LogP contribution in [0, 0.1) is 22.7 Å². The minimum atomic E-state index is 0.264. The van der Waals surface area contributed by atoms with E-state index in [1.165, 1.54) is 10.4 Å². The van der Waals surface area contributed by atoms with E-state index >= 15 is 0 Å². The van der Waals surface area contributed by atoms with Crippen LogP contribution in [0.2, 0.25) is 0 Å². The highest BCUT2D eigenvalue weighted by Crippen LogP contribution is 2.45. The molecule has 0 saturated heterocycles. The quantitative estimate of drug-likeness (QED) is 0.235. The largest absolute Gasteiger partial charge is 0.493 e. The molecule has 0 N–H and O–H groups in total. The second-order valence-electron chi connectivity index (χ2n) is 10.3. The number of nitriles is 1. The number of thiophene rings is 1. The van der Waals surface area contributed by atoms with Crippen molar-refractivity contribution in [1.82, 2.24) is 0 Å². The number of hydrogen-bond donors (Lipinski definition) is 0. The van der Waals surface area contributed by atoms with Gasteiger partial charge in [0.1, 0.15) is 17.7 Å². The van der Waals surface area contributed by atoms with Gasteiger partial charge in [-0.3, -0.25) is 0 Å². The van der Waals surface area contributed by atoms with Gasteiger partial charge in [-0.15, -0.1) is 17.9 Å². The SMILES string of the molecule is C=CCc1cc(C=Nc2sc3c(c2C#N)CC[C@@H](C(C)(C)C)C3)cc(OC)c1OCc1ccccc1. The summed E-state index contributed by atoms with van der Waals surface area (Å²) < 4.78 is 11.9. The van der Waals surface area contributed by atoms with Gasteiger partial charge in [0.05, 0.1) is 12.7 Å². The highest BCUT2D eigenvalue weighted by molar-refractivity contribution is 7.16. The lowest BCUT2D eigenvalue weighted by atomic mass is 9.72. The Morgan fingerprint density at radius 1 is 1.22 bits per heavy atom. The van der Waals surface area contributed by atoms with Gasteiger partial charge in [-0.1, -0.05) is 57.2 Å². The van der Waals surface area contributed by atoms with E-state index in [0.29, 0.717) is 24.7 Å². The molecule has 3 aromatic rings. The molecule has 186 valence electrons. The van der Waals surface area contributed by atoms with Gasteiger partial charge in [-0.25, -0.2) is 4.99 Å². The molecule has 2 aromatic carbocycles. The molecule has 1 aliphatic carbocycles. The number of benzene rings is 2. The molecule has 0 spiro atoms. The second-order valence-corrected chi connectivity index (χ2v) is 11.4. The van der Waals surface area contributed by atoms with Gasteiger partial charge in [0.2, 0.25) is 0 Å². The zero-order valence-electron chi connectivity index (χ0n) is 21.6. The number of ether oxygens (including phenoxy) is 2. The number of rotatable bonds is 8.